The zero-order chi connectivity index (χ0) is 21.0. The monoisotopic (exact) mass is 424 g/mol. The minimum atomic E-state index is -0.265. The molecule has 9 nitrogen and oxygen atoms in total. The fourth-order valence-corrected chi connectivity index (χ4v) is 4.32. The molecule has 2 fully saturated rings. The van der Waals surface area contributed by atoms with Gasteiger partial charge in [0.05, 0.1) is 32.3 Å². The van der Waals surface area contributed by atoms with E-state index in [-0.39, 0.29) is 18.9 Å². The molecule has 0 saturated carbocycles. The number of rotatable bonds is 6. The van der Waals surface area contributed by atoms with Crippen LogP contribution >= 0.6 is 0 Å². The summed E-state index contributed by atoms with van der Waals surface area (Å²) < 4.78 is 13.6. The summed E-state index contributed by atoms with van der Waals surface area (Å²) in [5.74, 6) is 0.836. The maximum atomic E-state index is 9.82. The van der Waals surface area contributed by atoms with Gasteiger partial charge in [-0.1, -0.05) is 30.3 Å². The SMILES string of the molecule is OC[C@@H]1CN(CCc2ccccc2)C[C@H](n2cnc3c(N4CCOCC4)ncnc32)O1. The van der Waals surface area contributed by atoms with Gasteiger partial charge in [0.25, 0.3) is 0 Å². The average Bonchev–Trinajstić information content (AvgIpc) is 3.28. The second-order valence-electron chi connectivity index (χ2n) is 8.01. The van der Waals surface area contributed by atoms with E-state index in [9.17, 15) is 5.11 Å². The first-order valence-corrected chi connectivity index (χ1v) is 10.8. The molecule has 164 valence electrons. The van der Waals surface area contributed by atoms with E-state index in [0.29, 0.717) is 26.3 Å². The topological polar surface area (TPSA) is 88.8 Å². The molecule has 0 spiro atoms. The summed E-state index contributed by atoms with van der Waals surface area (Å²) in [4.78, 5) is 18.2. The lowest BCUT2D eigenvalue weighted by Crippen LogP contribution is -2.47. The van der Waals surface area contributed by atoms with Crippen LogP contribution in [0.4, 0.5) is 5.82 Å². The summed E-state index contributed by atoms with van der Waals surface area (Å²) >= 11 is 0. The number of aliphatic hydroxyl groups is 1. The highest BCUT2D eigenvalue weighted by molar-refractivity contribution is 5.83. The van der Waals surface area contributed by atoms with Crippen molar-refractivity contribution >= 4 is 17.0 Å². The Kier molecular flexibility index (Phi) is 6.08. The van der Waals surface area contributed by atoms with Gasteiger partial charge in [-0.25, -0.2) is 15.0 Å². The maximum absolute atomic E-state index is 9.82. The molecule has 2 aromatic heterocycles. The number of nitrogens with zero attached hydrogens (tertiary/aromatic N) is 6. The van der Waals surface area contributed by atoms with Crippen molar-refractivity contribution in [3.63, 3.8) is 0 Å². The number of ether oxygens (including phenoxy) is 2. The minimum absolute atomic E-state index is 0.0149. The third-order valence-corrected chi connectivity index (χ3v) is 5.95. The molecule has 5 rings (SSSR count). The third kappa shape index (κ3) is 4.40. The molecule has 0 amide bonds. The summed E-state index contributed by atoms with van der Waals surface area (Å²) in [6, 6.07) is 10.5. The third-order valence-electron chi connectivity index (χ3n) is 5.95. The van der Waals surface area contributed by atoms with Crippen LogP contribution in [0.3, 0.4) is 0 Å². The quantitative estimate of drug-likeness (QED) is 0.629. The van der Waals surface area contributed by atoms with Crippen molar-refractivity contribution in [2.45, 2.75) is 18.8 Å². The van der Waals surface area contributed by atoms with Crippen molar-refractivity contribution in [3.05, 3.63) is 48.5 Å². The minimum Gasteiger partial charge on any atom is -0.394 e. The van der Waals surface area contributed by atoms with Crippen LogP contribution in [0.15, 0.2) is 43.0 Å². The van der Waals surface area contributed by atoms with Crippen LogP contribution in [0, 0.1) is 0 Å². The van der Waals surface area contributed by atoms with Gasteiger partial charge in [0.2, 0.25) is 0 Å². The number of hydrogen-bond donors (Lipinski definition) is 1. The highest BCUT2D eigenvalue weighted by atomic mass is 16.5. The summed E-state index contributed by atoms with van der Waals surface area (Å²) in [6.45, 7) is 5.27. The van der Waals surface area contributed by atoms with Gasteiger partial charge in [-0.05, 0) is 12.0 Å². The molecule has 0 unspecified atom stereocenters. The first-order chi connectivity index (χ1) is 15.3. The van der Waals surface area contributed by atoms with Crippen LogP contribution in [-0.2, 0) is 15.9 Å². The number of aliphatic hydroxyl groups excluding tert-OH is 1. The molecule has 3 aromatic rings. The van der Waals surface area contributed by atoms with E-state index in [1.807, 2.05) is 10.6 Å². The number of hydrogen-bond acceptors (Lipinski definition) is 8. The van der Waals surface area contributed by atoms with Gasteiger partial charge in [0.1, 0.15) is 12.6 Å². The Labute approximate surface area is 181 Å². The second-order valence-corrected chi connectivity index (χ2v) is 8.01. The fourth-order valence-electron chi connectivity index (χ4n) is 4.32. The molecule has 2 atom stereocenters. The Morgan fingerprint density at radius 1 is 1.03 bits per heavy atom. The number of morpholine rings is 2. The molecule has 2 saturated heterocycles. The predicted octanol–water partition coefficient (Wildman–Crippen LogP) is 1.10. The smallest absolute Gasteiger partial charge is 0.167 e. The van der Waals surface area contributed by atoms with Gasteiger partial charge in [-0.3, -0.25) is 9.47 Å². The molecule has 2 aliphatic rings. The Balaban J connectivity index is 1.36. The molecule has 1 aromatic carbocycles. The highest BCUT2D eigenvalue weighted by Gasteiger charge is 2.30. The lowest BCUT2D eigenvalue weighted by Gasteiger charge is -2.38. The molecule has 9 heteroatoms. The molecule has 0 aliphatic carbocycles. The zero-order valence-corrected chi connectivity index (χ0v) is 17.5. The van der Waals surface area contributed by atoms with E-state index >= 15 is 0 Å². The van der Waals surface area contributed by atoms with Crippen molar-refractivity contribution in [2.75, 3.05) is 57.4 Å². The van der Waals surface area contributed by atoms with Crippen molar-refractivity contribution in [3.8, 4) is 0 Å². The van der Waals surface area contributed by atoms with Gasteiger partial charge in [-0.2, -0.15) is 0 Å². The standard InChI is InChI=1S/C22H28N6O3/c29-14-18-12-26(7-6-17-4-2-1-3-5-17)13-19(31-18)28-16-25-20-21(23-15-24-22(20)28)27-8-10-30-11-9-27/h1-5,15-16,18-19,29H,6-14H2/t18-,19+/m0/s1. The fraction of sp³-hybridized carbons (Fsp3) is 0.500. The first kappa shape index (κ1) is 20.3. The van der Waals surface area contributed by atoms with Crippen molar-refractivity contribution < 1.29 is 14.6 Å². The van der Waals surface area contributed by atoms with Gasteiger partial charge >= 0.3 is 0 Å². The molecular formula is C22H28N6O3. The van der Waals surface area contributed by atoms with E-state index in [0.717, 1.165) is 43.0 Å². The number of aromatic nitrogens is 4. The number of imidazole rings is 1. The molecule has 0 bridgehead atoms. The molecule has 2 aliphatic heterocycles. The molecular weight excluding hydrogens is 396 g/mol. The molecule has 0 radical (unpaired) electrons. The van der Waals surface area contributed by atoms with Crippen molar-refractivity contribution in [2.24, 2.45) is 0 Å². The first-order valence-electron chi connectivity index (χ1n) is 10.8. The zero-order valence-electron chi connectivity index (χ0n) is 17.5. The summed E-state index contributed by atoms with van der Waals surface area (Å²) in [5.41, 5.74) is 2.83. The predicted molar refractivity (Wildman–Crippen MR) is 116 cm³/mol. The lowest BCUT2D eigenvalue weighted by atomic mass is 10.1. The van der Waals surface area contributed by atoms with E-state index in [4.69, 9.17) is 9.47 Å². The largest absolute Gasteiger partial charge is 0.394 e. The number of anilines is 1. The maximum Gasteiger partial charge on any atom is 0.167 e. The lowest BCUT2D eigenvalue weighted by molar-refractivity contribution is -0.133. The van der Waals surface area contributed by atoms with Gasteiger partial charge in [0, 0.05) is 32.7 Å². The van der Waals surface area contributed by atoms with Crippen LogP contribution < -0.4 is 4.90 Å². The van der Waals surface area contributed by atoms with E-state index in [1.54, 1.807) is 12.7 Å². The van der Waals surface area contributed by atoms with Gasteiger partial charge in [-0.15, -0.1) is 0 Å². The molecule has 1 N–H and O–H groups in total. The summed E-state index contributed by atoms with van der Waals surface area (Å²) in [5, 5.41) is 9.82. The van der Waals surface area contributed by atoms with Crippen molar-refractivity contribution in [1.82, 2.24) is 24.4 Å². The molecule has 4 heterocycles. The van der Waals surface area contributed by atoms with E-state index in [2.05, 4.69) is 49.0 Å². The van der Waals surface area contributed by atoms with Crippen LogP contribution in [0.5, 0.6) is 0 Å². The Morgan fingerprint density at radius 2 is 1.87 bits per heavy atom. The van der Waals surface area contributed by atoms with E-state index in [1.165, 1.54) is 5.56 Å². The van der Waals surface area contributed by atoms with E-state index < -0.39 is 0 Å². The van der Waals surface area contributed by atoms with Crippen LogP contribution in [0.25, 0.3) is 11.2 Å². The summed E-state index contributed by atoms with van der Waals surface area (Å²) in [7, 11) is 0. The number of fused-ring (bicyclic) bond motifs is 1. The normalized spacial score (nSPS) is 22.8. The van der Waals surface area contributed by atoms with Crippen molar-refractivity contribution in [1.29, 1.82) is 0 Å². The highest BCUT2D eigenvalue weighted by Crippen LogP contribution is 2.27. The average molecular weight is 425 g/mol. The Bertz CT molecular complexity index is 991. The Morgan fingerprint density at radius 3 is 2.68 bits per heavy atom. The van der Waals surface area contributed by atoms with Crippen LogP contribution in [0.2, 0.25) is 0 Å². The summed E-state index contributed by atoms with van der Waals surface area (Å²) in [6.07, 6.45) is 3.82. The van der Waals surface area contributed by atoms with Gasteiger partial charge < -0.3 is 19.5 Å². The van der Waals surface area contributed by atoms with Crippen LogP contribution in [0.1, 0.15) is 11.8 Å². The number of benzene rings is 1. The van der Waals surface area contributed by atoms with Gasteiger partial charge in [0.15, 0.2) is 17.0 Å². The second kappa shape index (κ2) is 9.27. The Hall–Kier alpha value is -2.59. The van der Waals surface area contributed by atoms with Crippen LogP contribution in [-0.4, -0.2) is 88.2 Å². The molecule has 31 heavy (non-hydrogen) atoms.